The first-order valence-electron chi connectivity index (χ1n) is 18.1. The molecule has 1 rings (SSSR count). The maximum absolute atomic E-state index is 11.9. The minimum absolute atomic E-state index is 0.136. The fourth-order valence-electron chi connectivity index (χ4n) is 5.04. The molecule has 0 radical (unpaired) electrons. The topological polar surface area (TPSA) is 85.4 Å². The lowest BCUT2D eigenvalue weighted by molar-refractivity contribution is -0.152. The van der Waals surface area contributed by atoms with E-state index in [4.69, 9.17) is 14.2 Å². The summed E-state index contributed by atoms with van der Waals surface area (Å²) in [6, 6.07) is 0. The third-order valence-electron chi connectivity index (χ3n) is 8.32. The molecule has 6 nitrogen and oxygen atoms in total. The number of esters is 2. The Hall–Kier alpha value is -1.92. The molecule has 1 aliphatic rings. The highest BCUT2D eigenvalue weighted by Crippen LogP contribution is 2.29. The highest BCUT2D eigenvalue weighted by molar-refractivity contribution is 5.69. The Morgan fingerprint density at radius 2 is 1.20 bits per heavy atom. The molecule has 1 aliphatic heterocycles. The summed E-state index contributed by atoms with van der Waals surface area (Å²) in [6.45, 7) is 6.54. The molecule has 1 fully saturated rings. The van der Waals surface area contributed by atoms with Gasteiger partial charge in [-0.3, -0.25) is 9.59 Å². The summed E-state index contributed by atoms with van der Waals surface area (Å²) < 4.78 is 16.0. The first kappa shape index (κ1) is 40.1. The highest BCUT2D eigenvalue weighted by atomic mass is 16.6. The van der Waals surface area contributed by atoms with Gasteiger partial charge in [0.2, 0.25) is 0 Å². The zero-order valence-electron chi connectivity index (χ0n) is 28.5. The minimum atomic E-state index is -0.988. The van der Waals surface area contributed by atoms with Gasteiger partial charge in [-0.25, -0.2) is 0 Å². The van der Waals surface area contributed by atoms with Crippen LogP contribution in [0.1, 0.15) is 156 Å². The number of carbonyl (C=O) groups excluding carboxylic acids is 2. The number of aliphatic hydroxyl groups excluding tert-OH is 1. The fraction of sp³-hybridized carbons (Fsp3) is 0.789. The molecule has 4 atom stereocenters. The van der Waals surface area contributed by atoms with Gasteiger partial charge in [0.15, 0.2) is 0 Å². The molecule has 0 aliphatic carbocycles. The number of epoxide rings is 1. The lowest BCUT2D eigenvalue weighted by Crippen LogP contribution is -2.25. The summed E-state index contributed by atoms with van der Waals surface area (Å²) in [4.78, 5) is 23.8. The van der Waals surface area contributed by atoms with Crippen molar-refractivity contribution in [1.29, 1.82) is 0 Å². The number of unbranched alkanes of at least 4 members (excludes halogenated alkanes) is 11. The predicted molar refractivity (Wildman–Crippen MR) is 181 cm³/mol. The van der Waals surface area contributed by atoms with Crippen LogP contribution in [-0.2, 0) is 23.8 Å². The molecule has 3 unspecified atom stereocenters. The summed E-state index contributed by atoms with van der Waals surface area (Å²) in [6.07, 6.45) is 35.1. The Balaban J connectivity index is 1.89. The Labute approximate surface area is 270 Å². The number of carbonyl (C=O) groups is 2. The number of ether oxygens (including phenoxy) is 3. The summed E-state index contributed by atoms with van der Waals surface area (Å²) in [7, 11) is 0. The van der Waals surface area contributed by atoms with Crippen molar-refractivity contribution >= 4 is 11.9 Å². The molecule has 1 N–H and O–H groups in total. The van der Waals surface area contributed by atoms with Crippen LogP contribution >= 0.6 is 0 Å². The zero-order chi connectivity index (χ0) is 32.1. The molecule has 6 heteroatoms. The van der Waals surface area contributed by atoms with Crippen LogP contribution in [-0.4, -0.2) is 48.6 Å². The van der Waals surface area contributed by atoms with E-state index in [0.29, 0.717) is 31.5 Å². The van der Waals surface area contributed by atoms with Gasteiger partial charge in [-0.05, 0) is 57.3 Å². The summed E-state index contributed by atoms with van der Waals surface area (Å²) in [5.41, 5.74) is 0. The minimum Gasteiger partial charge on any atom is -0.463 e. The molecule has 0 aromatic rings. The second-order valence-corrected chi connectivity index (χ2v) is 12.6. The van der Waals surface area contributed by atoms with E-state index in [1.807, 2.05) is 0 Å². The fourth-order valence-corrected chi connectivity index (χ4v) is 5.04. The van der Waals surface area contributed by atoms with Gasteiger partial charge in [-0.1, -0.05) is 128 Å². The van der Waals surface area contributed by atoms with Crippen molar-refractivity contribution in [1.82, 2.24) is 0 Å². The van der Waals surface area contributed by atoms with Crippen LogP contribution in [0, 0.1) is 5.92 Å². The first-order chi connectivity index (χ1) is 21.5. The summed E-state index contributed by atoms with van der Waals surface area (Å²) >= 11 is 0. The number of hydrogen-bond donors (Lipinski definition) is 1. The molecular formula is C38H66O6. The maximum atomic E-state index is 11.9. The van der Waals surface area contributed by atoms with E-state index >= 15 is 0 Å². The molecule has 0 spiro atoms. The van der Waals surface area contributed by atoms with E-state index in [-0.39, 0.29) is 25.2 Å². The molecule has 254 valence electrons. The predicted octanol–water partition coefficient (Wildman–Crippen LogP) is 9.74. The van der Waals surface area contributed by atoms with Crippen LogP contribution in [0.15, 0.2) is 36.5 Å². The lowest BCUT2D eigenvalue weighted by atomic mass is 9.99. The van der Waals surface area contributed by atoms with Gasteiger partial charge in [-0.2, -0.15) is 0 Å². The monoisotopic (exact) mass is 618 g/mol. The van der Waals surface area contributed by atoms with Crippen molar-refractivity contribution in [2.24, 2.45) is 5.92 Å². The van der Waals surface area contributed by atoms with E-state index < -0.39 is 6.10 Å². The molecule has 44 heavy (non-hydrogen) atoms. The Morgan fingerprint density at radius 3 is 1.84 bits per heavy atom. The molecular weight excluding hydrogens is 552 g/mol. The van der Waals surface area contributed by atoms with Gasteiger partial charge in [0.25, 0.3) is 0 Å². The lowest BCUT2D eigenvalue weighted by Gasteiger charge is -2.12. The SMILES string of the molecule is CCCCC/C=C\CC1OC1C/C=C\C/C=C\CCCC(=O)OC[C@H](O)COC(=O)CCCCCCCCCCC(C)CC. The van der Waals surface area contributed by atoms with Gasteiger partial charge < -0.3 is 19.3 Å². The van der Waals surface area contributed by atoms with E-state index in [0.717, 1.165) is 50.9 Å². The normalized spacial score (nSPS) is 17.9. The van der Waals surface area contributed by atoms with E-state index in [1.165, 1.54) is 70.6 Å². The van der Waals surface area contributed by atoms with Crippen LogP contribution in [0.25, 0.3) is 0 Å². The third-order valence-corrected chi connectivity index (χ3v) is 8.32. The third kappa shape index (κ3) is 25.4. The zero-order valence-corrected chi connectivity index (χ0v) is 28.5. The van der Waals surface area contributed by atoms with Gasteiger partial charge in [0.05, 0.1) is 12.2 Å². The first-order valence-corrected chi connectivity index (χ1v) is 18.1. The van der Waals surface area contributed by atoms with Gasteiger partial charge in [0.1, 0.15) is 19.3 Å². The quantitative estimate of drug-likeness (QED) is 0.0373. The molecule has 0 saturated carbocycles. The highest BCUT2D eigenvalue weighted by Gasteiger charge is 2.35. The number of rotatable bonds is 30. The Bertz CT molecular complexity index is 788. The second-order valence-electron chi connectivity index (χ2n) is 12.6. The largest absolute Gasteiger partial charge is 0.463 e. The van der Waals surface area contributed by atoms with E-state index in [9.17, 15) is 14.7 Å². The molecule has 0 amide bonds. The van der Waals surface area contributed by atoms with Gasteiger partial charge >= 0.3 is 11.9 Å². The maximum Gasteiger partial charge on any atom is 0.305 e. The number of allylic oxidation sites excluding steroid dienone is 4. The van der Waals surface area contributed by atoms with Crippen molar-refractivity contribution in [2.45, 2.75) is 174 Å². The van der Waals surface area contributed by atoms with Crippen LogP contribution < -0.4 is 0 Å². The van der Waals surface area contributed by atoms with Crippen molar-refractivity contribution in [2.75, 3.05) is 13.2 Å². The van der Waals surface area contributed by atoms with Crippen LogP contribution in [0.2, 0.25) is 0 Å². The average Bonchev–Trinajstić information content (AvgIpc) is 3.78. The summed E-state index contributed by atoms with van der Waals surface area (Å²) in [5, 5.41) is 9.98. The van der Waals surface area contributed by atoms with Gasteiger partial charge in [0, 0.05) is 12.8 Å². The average molecular weight is 619 g/mol. The van der Waals surface area contributed by atoms with E-state index in [2.05, 4.69) is 57.2 Å². The van der Waals surface area contributed by atoms with Gasteiger partial charge in [-0.15, -0.1) is 0 Å². The van der Waals surface area contributed by atoms with Crippen LogP contribution in [0.4, 0.5) is 0 Å². The van der Waals surface area contributed by atoms with Crippen molar-refractivity contribution in [3.8, 4) is 0 Å². The second kappa shape index (κ2) is 28.5. The summed E-state index contributed by atoms with van der Waals surface area (Å²) in [5.74, 6) is 0.217. The molecule has 0 bridgehead atoms. The molecule has 1 heterocycles. The standard InChI is InChI=1S/C38H66O6/c1-4-6-7-8-17-22-27-35-36(44-35)28-23-18-13-11-15-20-25-30-38(41)43-32-34(39)31-42-37(40)29-24-19-14-10-9-12-16-21-26-33(3)5-2/h11,15,17-18,22-23,33-36,39H,4-10,12-14,16,19-21,24-32H2,1-3H3/b15-11-,22-17-,23-18-/t33?,34-,35?,36?/m1/s1. The van der Waals surface area contributed by atoms with Crippen LogP contribution in [0.5, 0.6) is 0 Å². The molecule has 1 saturated heterocycles. The Kier molecular flexibility index (Phi) is 26.0. The van der Waals surface area contributed by atoms with Crippen LogP contribution in [0.3, 0.4) is 0 Å². The number of hydrogen-bond acceptors (Lipinski definition) is 6. The van der Waals surface area contributed by atoms with Crippen molar-refractivity contribution in [3.05, 3.63) is 36.5 Å². The Morgan fingerprint density at radius 1 is 0.682 bits per heavy atom. The van der Waals surface area contributed by atoms with Crippen molar-refractivity contribution in [3.63, 3.8) is 0 Å². The van der Waals surface area contributed by atoms with Crippen molar-refractivity contribution < 1.29 is 28.9 Å². The smallest absolute Gasteiger partial charge is 0.305 e. The number of aliphatic hydroxyl groups is 1. The van der Waals surface area contributed by atoms with E-state index in [1.54, 1.807) is 0 Å². The molecule has 0 aromatic carbocycles. The molecule has 0 aromatic heterocycles.